The fourth-order valence-corrected chi connectivity index (χ4v) is 3.02. The lowest BCUT2D eigenvalue weighted by Gasteiger charge is -2.19. The normalized spacial score (nSPS) is 15.1. The summed E-state index contributed by atoms with van der Waals surface area (Å²) in [5, 5.41) is 2.94. The predicted octanol–water partition coefficient (Wildman–Crippen LogP) is 3.15. The highest BCUT2D eigenvalue weighted by molar-refractivity contribution is 5.74. The molecule has 1 aliphatic heterocycles. The first-order valence-corrected chi connectivity index (χ1v) is 8.91. The Labute approximate surface area is 154 Å². The number of hydrogen-bond acceptors (Lipinski definition) is 4. The van der Waals surface area contributed by atoms with Crippen molar-refractivity contribution in [2.75, 3.05) is 13.7 Å². The van der Waals surface area contributed by atoms with Crippen LogP contribution in [0, 0.1) is 0 Å². The zero-order chi connectivity index (χ0) is 18.5. The highest BCUT2D eigenvalue weighted by atomic mass is 16.5. The van der Waals surface area contributed by atoms with Gasteiger partial charge in [0, 0.05) is 37.3 Å². The van der Waals surface area contributed by atoms with Gasteiger partial charge < -0.3 is 19.7 Å². The predicted molar refractivity (Wildman–Crippen MR) is 99.3 cm³/mol. The second-order valence-electron chi connectivity index (χ2n) is 6.47. The fourth-order valence-electron chi connectivity index (χ4n) is 3.02. The number of urea groups is 1. The van der Waals surface area contributed by atoms with Crippen molar-refractivity contribution in [2.24, 2.45) is 0 Å². The van der Waals surface area contributed by atoms with Gasteiger partial charge in [0.15, 0.2) is 0 Å². The first-order chi connectivity index (χ1) is 12.6. The van der Waals surface area contributed by atoms with Gasteiger partial charge in [-0.15, -0.1) is 0 Å². The lowest BCUT2D eigenvalue weighted by molar-refractivity contribution is 0.205. The van der Waals surface area contributed by atoms with Crippen LogP contribution in [0.2, 0.25) is 0 Å². The Morgan fingerprint density at radius 2 is 2.27 bits per heavy atom. The molecule has 0 fully saturated rings. The summed E-state index contributed by atoms with van der Waals surface area (Å²) in [7, 11) is 1.75. The molecular weight excluding hydrogens is 330 g/mol. The molecule has 2 amide bonds. The van der Waals surface area contributed by atoms with Crippen LogP contribution in [0.1, 0.15) is 30.7 Å². The Morgan fingerprint density at radius 1 is 1.42 bits per heavy atom. The summed E-state index contributed by atoms with van der Waals surface area (Å²) in [6, 6.07) is 9.51. The number of benzene rings is 1. The van der Waals surface area contributed by atoms with E-state index in [2.05, 4.69) is 10.3 Å². The van der Waals surface area contributed by atoms with Crippen LogP contribution in [0.4, 0.5) is 4.79 Å². The molecule has 26 heavy (non-hydrogen) atoms. The zero-order valence-corrected chi connectivity index (χ0v) is 15.5. The molecule has 0 saturated carbocycles. The van der Waals surface area contributed by atoms with Gasteiger partial charge in [0.25, 0.3) is 0 Å². The molecule has 1 aromatic carbocycles. The lowest BCUT2D eigenvalue weighted by Crippen LogP contribution is -2.36. The molecule has 1 N–H and O–H groups in total. The monoisotopic (exact) mass is 355 g/mol. The van der Waals surface area contributed by atoms with Crippen LogP contribution in [0.15, 0.2) is 36.5 Å². The molecule has 0 radical (unpaired) electrons. The van der Waals surface area contributed by atoms with E-state index in [1.807, 2.05) is 44.2 Å². The third-order valence-electron chi connectivity index (χ3n) is 4.28. The van der Waals surface area contributed by atoms with E-state index >= 15 is 0 Å². The Bertz CT molecular complexity index is 764. The molecule has 0 saturated heterocycles. The SMILES string of the molecule is CCOc1cc2c(cc1CNC(=O)N(C)Cc1ccccn1)OC(C)C2. The third kappa shape index (κ3) is 4.25. The molecule has 138 valence electrons. The van der Waals surface area contributed by atoms with E-state index in [0.29, 0.717) is 19.7 Å². The van der Waals surface area contributed by atoms with Crippen molar-refractivity contribution < 1.29 is 14.3 Å². The summed E-state index contributed by atoms with van der Waals surface area (Å²) in [6.07, 6.45) is 2.78. The number of carbonyl (C=O) groups excluding carboxylic acids is 1. The van der Waals surface area contributed by atoms with Gasteiger partial charge in [0.1, 0.15) is 17.6 Å². The summed E-state index contributed by atoms with van der Waals surface area (Å²) in [6.45, 7) is 5.42. The van der Waals surface area contributed by atoms with E-state index in [1.54, 1.807) is 18.1 Å². The maximum absolute atomic E-state index is 12.4. The lowest BCUT2D eigenvalue weighted by atomic mass is 10.1. The average molecular weight is 355 g/mol. The van der Waals surface area contributed by atoms with Crippen molar-refractivity contribution in [1.29, 1.82) is 0 Å². The topological polar surface area (TPSA) is 63.7 Å². The molecular formula is C20H25N3O3. The van der Waals surface area contributed by atoms with E-state index in [4.69, 9.17) is 9.47 Å². The van der Waals surface area contributed by atoms with Gasteiger partial charge in [-0.2, -0.15) is 0 Å². The molecule has 0 bridgehead atoms. The van der Waals surface area contributed by atoms with Crippen LogP contribution in [0.25, 0.3) is 0 Å². The van der Waals surface area contributed by atoms with E-state index in [1.165, 1.54) is 0 Å². The van der Waals surface area contributed by atoms with Crippen molar-refractivity contribution in [2.45, 2.75) is 39.5 Å². The molecule has 0 aliphatic carbocycles. The number of carbonyl (C=O) groups is 1. The maximum Gasteiger partial charge on any atom is 0.317 e. The molecule has 1 unspecified atom stereocenters. The maximum atomic E-state index is 12.4. The van der Waals surface area contributed by atoms with Gasteiger partial charge in [-0.25, -0.2) is 4.79 Å². The van der Waals surface area contributed by atoms with Crippen molar-refractivity contribution in [3.8, 4) is 11.5 Å². The van der Waals surface area contributed by atoms with E-state index in [-0.39, 0.29) is 12.1 Å². The van der Waals surface area contributed by atoms with Gasteiger partial charge in [-0.05, 0) is 38.1 Å². The van der Waals surface area contributed by atoms with Crippen molar-refractivity contribution in [3.05, 3.63) is 53.3 Å². The molecule has 1 aliphatic rings. The molecule has 6 heteroatoms. The van der Waals surface area contributed by atoms with Crippen molar-refractivity contribution in [3.63, 3.8) is 0 Å². The second-order valence-corrected chi connectivity index (χ2v) is 6.47. The molecule has 6 nitrogen and oxygen atoms in total. The zero-order valence-electron chi connectivity index (χ0n) is 15.5. The number of rotatable bonds is 6. The number of aromatic nitrogens is 1. The van der Waals surface area contributed by atoms with Crippen molar-refractivity contribution >= 4 is 6.03 Å². The summed E-state index contributed by atoms with van der Waals surface area (Å²) < 4.78 is 11.6. The quantitative estimate of drug-likeness (QED) is 0.865. The van der Waals surface area contributed by atoms with Crippen LogP contribution in [-0.2, 0) is 19.5 Å². The molecule has 0 spiro atoms. The standard InChI is InChI=1S/C20H25N3O3/c1-4-25-18-10-15-9-14(2)26-19(15)11-16(18)12-22-20(24)23(3)13-17-7-5-6-8-21-17/h5-8,10-11,14H,4,9,12-13H2,1-3H3,(H,22,24). The van der Waals surface area contributed by atoms with Gasteiger partial charge in [0.05, 0.1) is 18.8 Å². The minimum Gasteiger partial charge on any atom is -0.494 e. The van der Waals surface area contributed by atoms with Gasteiger partial charge in [-0.3, -0.25) is 4.98 Å². The highest BCUT2D eigenvalue weighted by Crippen LogP contribution is 2.35. The first-order valence-electron chi connectivity index (χ1n) is 8.91. The number of nitrogens with one attached hydrogen (secondary N) is 1. The van der Waals surface area contributed by atoms with E-state index < -0.39 is 0 Å². The highest BCUT2D eigenvalue weighted by Gasteiger charge is 2.22. The largest absolute Gasteiger partial charge is 0.494 e. The van der Waals surface area contributed by atoms with E-state index in [0.717, 1.165) is 34.7 Å². The Balaban J connectivity index is 1.65. The summed E-state index contributed by atoms with van der Waals surface area (Å²) >= 11 is 0. The molecule has 3 rings (SSSR count). The molecule has 1 aromatic heterocycles. The minimum absolute atomic E-state index is 0.159. The minimum atomic E-state index is -0.159. The number of pyridine rings is 1. The third-order valence-corrected chi connectivity index (χ3v) is 4.28. The Kier molecular flexibility index (Phi) is 5.61. The number of ether oxygens (including phenoxy) is 2. The van der Waals surface area contributed by atoms with Gasteiger partial charge in [0.2, 0.25) is 0 Å². The molecule has 1 atom stereocenters. The second kappa shape index (κ2) is 8.08. The van der Waals surface area contributed by atoms with Crippen LogP contribution >= 0.6 is 0 Å². The first kappa shape index (κ1) is 18.0. The molecule has 2 aromatic rings. The fraction of sp³-hybridized carbons (Fsp3) is 0.400. The van der Waals surface area contributed by atoms with Crippen LogP contribution in [0.5, 0.6) is 11.5 Å². The number of amides is 2. The Hall–Kier alpha value is -2.76. The van der Waals surface area contributed by atoms with Crippen molar-refractivity contribution in [1.82, 2.24) is 15.2 Å². The Morgan fingerprint density at radius 3 is 3.00 bits per heavy atom. The van der Waals surface area contributed by atoms with Crippen LogP contribution in [-0.4, -0.2) is 35.7 Å². The van der Waals surface area contributed by atoms with E-state index in [9.17, 15) is 4.79 Å². The smallest absolute Gasteiger partial charge is 0.317 e. The average Bonchev–Trinajstić information content (AvgIpc) is 2.99. The number of hydrogen-bond donors (Lipinski definition) is 1. The van der Waals surface area contributed by atoms with Gasteiger partial charge in [-0.1, -0.05) is 6.07 Å². The van der Waals surface area contributed by atoms with Gasteiger partial charge >= 0.3 is 6.03 Å². The van der Waals surface area contributed by atoms with Crippen LogP contribution in [0.3, 0.4) is 0 Å². The number of fused-ring (bicyclic) bond motifs is 1. The number of nitrogens with zero attached hydrogens (tertiary/aromatic N) is 2. The summed E-state index contributed by atoms with van der Waals surface area (Å²) in [4.78, 5) is 18.2. The summed E-state index contributed by atoms with van der Waals surface area (Å²) in [5.41, 5.74) is 2.92. The summed E-state index contributed by atoms with van der Waals surface area (Å²) in [5.74, 6) is 1.68. The van der Waals surface area contributed by atoms with Crippen LogP contribution < -0.4 is 14.8 Å². The molecule has 2 heterocycles.